The van der Waals surface area contributed by atoms with E-state index in [9.17, 15) is 13.2 Å². The molecule has 0 bridgehead atoms. The Morgan fingerprint density at radius 2 is 2.00 bits per heavy atom. The monoisotopic (exact) mass is 356 g/mol. The summed E-state index contributed by atoms with van der Waals surface area (Å²) in [6.45, 7) is 3.23. The van der Waals surface area contributed by atoms with Gasteiger partial charge in [-0.1, -0.05) is 12.1 Å². The fraction of sp³-hybridized carbons (Fsp3) is 0.800. The van der Waals surface area contributed by atoms with Crippen molar-refractivity contribution in [1.29, 1.82) is 0 Å². The minimum absolute atomic E-state index is 0.0995. The Morgan fingerprint density at radius 3 is 2.54 bits per heavy atom. The number of amides is 1. The van der Waals surface area contributed by atoms with E-state index in [1.165, 1.54) is 10.6 Å². The zero-order valence-electron chi connectivity index (χ0n) is 14.4. The predicted molar refractivity (Wildman–Crippen MR) is 86.5 cm³/mol. The van der Waals surface area contributed by atoms with Gasteiger partial charge in [-0.15, -0.1) is 0 Å². The van der Waals surface area contributed by atoms with E-state index in [0.717, 1.165) is 12.8 Å². The highest BCUT2D eigenvalue weighted by molar-refractivity contribution is 7.88. The first-order valence-corrected chi connectivity index (χ1v) is 10.1. The van der Waals surface area contributed by atoms with Crippen LogP contribution in [0.25, 0.3) is 0 Å². The molecule has 1 aromatic rings. The summed E-state index contributed by atoms with van der Waals surface area (Å²) in [5.74, 6) is 1.25. The lowest BCUT2D eigenvalue weighted by Gasteiger charge is -2.28. The number of carbonyl (C=O) groups is 1. The first kappa shape index (κ1) is 17.3. The molecule has 1 aliphatic carbocycles. The van der Waals surface area contributed by atoms with Crippen LogP contribution in [0.5, 0.6) is 0 Å². The van der Waals surface area contributed by atoms with E-state index in [-0.39, 0.29) is 17.2 Å². The second-order valence-corrected chi connectivity index (χ2v) is 9.19. The van der Waals surface area contributed by atoms with Gasteiger partial charge in [0.2, 0.25) is 21.8 Å². The molecule has 9 heteroatoms. The van der Waals surface area contributed by atoms with Crippen molar-refractivity contribution in [2.24, 2.45) is 5.41 Å². The van der Waals surface area contributed by atoms with Gasteiger partial charge < -0.3 is 9.42 Å². The van der Waals surface area contributed by atoms with Gasteiger partial charge in [0, 0.05) is 31.5 Å². The lowest BCUT2D eigenvalue weighted by atomic mass is 9.98. The third-order valence-corrected chi connectivity index (χ3v) is 6.31. The highest BCUT2D eigenvalue weighted by Gasteiger charge is 2.46. The van der Waals surface area contributed by atoms with Crippen LogP contribution in [0.4, 0.5) is 0 Å². The first-order chi connectivity index (χ1) is 11.2. The van der Waals surface area contributed by atoms with E-state index in [4.69, 9.17) is 4.52 Å². The van der Waals surface area contributed by atoms with E-state index < -0.39 is 10.0 Å². The van der Waals surface area contributed by atoms with Crippen molar-refractivity contribution in [2.45, 2.75) is 45.1 Å². The van der Waals surface area contributed by atoms with Crippen molar-refractivity contribution < 1.29 is 17.7 Å². The Kier molecular flexibility index (Phi) is 4.41. The van der Waals surface area contributed by atoms with E-state index in [1.807, 2.05) is 6.92 Å². The molecule has 2 aliphatic rings. The van der Waals surface area contributed by atoms with Crippen LogP contribution in [0.1, 0.15) is 50.2 Å². The van der Waals surface area contributed by atoms with Crippen LogP contribution >= 0.6 is 0 Å². The molecule has 0 aromatic carbocycles. The standard InChI is InChI=1S/C15H24N4O4S/c1-15(6-7-15)14(20)18(2)10-12-16-13(17-23-12)11-4-8-19(9-5-11)24(3,21)22/h11H,4-10H2,1-3H3. The fourth-order valence-electron chi connectivity index (χ4n) is 3.08. The number of rotatable bonds is 5. The summed E-state index contributed by atoms with van der Waals surface area (Å²) in [6.07, 6.45) is 4.46. The Bertz CT molecular complexity index is 718. The van der Waals surface area contributed by atoms with Crippen LogP contribution in [-0.4, -0.2) is 60.1 Å². The summed E-state index contributed by atoms with van der Waals surface area (Å²) < 4.78 is 29.8. The molecule has 1 aliphatic heterocycles. The van der Waals surface area contributed by atoms with Crippen LogP contribution in [-0.2, 0) is 21.4 Å². The third kappa shape index (κ3) is 3.61. The molecule has 1 saturated heterocycles. The zero-order chi connectivity index (χ0) is 17.5. The fourth-order valence-corrected chi connectivity index (χ4v) is 3.95. The highest BCUT2D eigenvalue weighted by Crippen LogP contribution is 2.46. The lowest BCUT2D eigenvalue weighted by Crippen LogP contribution is -2.37. The summed E-state index contributed by atoms with van der Waals surface area (Å²) >= 11 is 0. The topological polar surface area (TPSA) is 96.6 Å². The third-order valence-electron chi connectivity index (χ3n) is 5.01. The zero-order valence-corrected chi connectivity index (χ0v) is 15.2. The molecule has 2 heterocycles. The summed E-state index contributed by atoms with van der Waals surface area (Å²) in [7, 11) is -1.38. The second kappa shape index (κ2) is 6.11. The Balaban J connectivity index is 1.57. The first-order valence-electron chi connectivity index (χ1n) is 8.22. The molecule has 24 heavy (non-hydrogen) atoms. The maximum Gasteiger partial charge on any atom is 0.246 e. The van der Waals surface area contributed by atoms with Crippen molar-refractivity contribution in [3.63, 3.8) is 0 Å². The molecule has 1 aromatic heterocycles. The van der Waals surface area contributed by atoms with E-state index in [0.29, 0.717) is 44.2 Å². The normalized spacial score (nSPS) is 21.6. The molecule has 0 spiro atoms. The van der Waals surface area contributed by atoms with Crippen LogP contribution in [0, 0.1) is 5.41 Å². The average Bonchev–Trinajstić information content (AvgIpc) is 3.11. The van der Waals surface area contributed by atoms with Crippen molar-refractivity contribution in [3.8, 4) is 0 Å². The van der Waals surface area contributed by atoms with Gasteiger partial charge in [-0.05, 0) is 25.7 Å². The molecule has 0 atom stereocenters. The maximum absolute atomic E-state index is 12.2. The van der Waals surface area contributed by atoms with Crippen LogP contribution in [0.15, 0.2) is 4.52 Å². The van der Waals surface area contributed by atoms with Crippen LogP contribution < -0.4 is 0 Å². The SMILES string of the molecule is CN(Cc1nc(C2CCN(S(C)(=O)=O)CC2)no1)C(=O)C1(C)CC1. The summed E-state index contributed by atoms with van der Waals surface area (Å²) in [5, 5.41) is 4.03. The lowest BCUT2D eigenvalue weighted by molar-refractivity contribution is -0.135. The van der Waals surface area contributed by atoms with Crippen molar-refractivity contribution in [1.82, 2.24) is 19.3 Å². The number of hydrogen-bond acceptors (Lipinski definition) is 6. The molecule has 1 saturated carbocycles. The number of aromatic nitrogens is 2. The summed E-state index contributed by atoms with van der Waals surface area (Å²) in [5.41, 5.74) is -0.212. The van der Waals surface area contributed by atoms with Gasteiger partial charge in [0.1, 0.15) is 0 Å². The average molecular weight is 356 g/mol. The number of piperidine rings is 1. The number of sulfonamides is 1. The van der Waals surface area contributed by atoms with Crippen molar-refractivity contribution in [2.75, 3.05) is 26.4 Å². The number of nitrogens with zero attached hydrogens (tertiary/aromatic N) is 4. The number of carbonyl (C=O) groups excluding carboxylic acids is 1. The molecule has 3 rings (SSSR count). The Labute approximate surface area is 142 Å². The van der Waals surface area contributed by atoms with E-state index >= 15 is 0 Å². The van der Waals surface area contributed by atoms with E-state index in [1.54, 1.807) is 11.9 Å². The van der Waals surface area contributed by atoms with Gasteiger partial charge in [0.25, 0.3) is 0 Å². The van der Waals surface area contributed by atoms with Gasteiger partial charge in [-0.25, -0.2) is 12.7 Å². The molecule has 0 N–H and O–H groups in total. The van der Waals surface area contributed by atoms with Gasteiger partial charge in [0.15, 0.2) is 5.82 Å². The minimum atomic E-state index is -3.13. The van der Waals surface area contributed by atoms with Gasteiger partial charge in [-0.3, -0.25) is 4.79 Å². The van der Waals surface area contributed by atoms with Crippen molar-refractivity contribution >= 4 is 15.9 Å². The molecular formula is C15H24N4O4S. The summed E-state index contributed by atoms with van der Waals surface area (Å²) in [4.78, 5) is 18.3. The molecule has 134 valence electrons. The molecule has 1 amide bonds. The molecule has 8 nitrogen and oxygen atoms in total. The van der Waals surface area contributed by atoms with E-state index in [2.05, 4.69) is 10.1 Å². The summed E-state index contributed by atoms with van der Waals surface area (Å²) in [6, 6.07) is 0. The number of hydrogen-bond donors (Lipinski definition) is 0. The minimum Gasteiger partial charge on any atom is -0.337 e. The van der Waals surface area contributed by atoms with Gasteiger partial charge in [-0.2, -0.15) is 4.98 Å². The molecule has 0 unspecified atom stereocenters. The van der Waals surface area contributed by atoms with Crippen LogP contribution in [0.2, 0.25) is 0 Å². The Hall–Kier alpha value is -1.48. The Morgan fingerprint density at radius 1 is 1.38 bits per heavy atom. The molecule has 0 radical (unpaired) electrons. The largest absolute Gasteiger partial charge is 0.337 e. The second-order valence-electron chi connectivity index (χ2n) is 7.20. The smallest absolute Gasteiger partial charge is 0.246 e. The van der Waals surface area contributed by atoms with Gasteiger partial charge in [0.05, 0.1) is 12.8 Å². The van der Waals surface area contributed by atoms with Gasteiger partial charge >= 0.3 is 0 Å². The quantitative estimate of drug-likeness (QED) is 0.780. The highest BCUT2D eigenvalue weighted by atomic mass is 32.2. The predicted octanol–water partition coefficient (Wildman–Crippen LogP) is 0.967. The van der Waals surface area contributed by atoms with Crippen molar-refractivity contribution in [3.05, 3.63) is 11.7 Å². The van der Waals surface area contributed by atoms with Crippen LogP contribution in [0.3, 0.4) is 0 Å². The molecular weight excluding hydrogens is 332 g/mol. The molecule has 2 fully saturated rings. The maximum atomic E-state index is 12.2.